The van der Waals surface area contributed by atoms with Gasteiger partial charge in [0.15, 0.2) is 0 Å². The molecule has 0 aromatic carbocycles. The first-order chi connectivity index (χ1) is 10.9. The molecule has 2 rings (SSSR count). The topological polar surface area (TPSA) is 74.5 Å². The first kappa shape index (κ1) is 18.2. The van der Waals surface area contributed by atoms with Crippen molar-refractivity contribution in [2.24, 2.45) is 0 Å². The molecular formula is C17H28N2O3S. The van der Waals surface area contributed by atoms with Crippen LogP contribution in [-0.4, -0.2) is 34.7 Å². The number of hydrogen-bond acceptors (Lipinski definition) is 4. The number of aliphatic hydroxyl groups is 1. The highest BCUT2D eigenvalue weighted by Gasteiger charge is 2.29. The number of amides is 2. The largest absolute Gasteiger partial charge is 0.463 e. The van der Waals surface area contributed by atoms with Gasteiger partial charge in [-0.25, -0.2) is 4.79 Å². The van der Waals surface area contributed by atoms with Crippen LogP contribution in [0.5, 0.6) is 0 Å². The lowest BCUT2D eigenvalue weighted by atomic mass is 9.95. The molecule has 1 saturated carbocycles. The van der Waals surface area contributed by atoms with Crippen LogP contribution < -0.4 is 10.6 Å². The number of urea groups is 1. The Bertz CT molecular complexity index is 514. The van der Waals surface area contributed by atoms with Gasteiger partial charge in [-0.3, -0.25) is 0 Å². The lowest BCUT2D eigenvalue weighted by Gasteiger charge is -2.32. The Balaban J connectivity index is 1.84. The molecule has 130 valence electrons. The van der Waals surface area contributed by atoms with Crippen LogP contribution in [0.15, 0.2) is 16.5 Å². The van der Waals surface area contributed by atoms with Gasteiger partial charge in [-0.2, -0.15) is 11.8 Å². The van der Waals surface area contributed by atoms with E-state index in [2.05, 4.69) is 17.6 Å². The molecule has 3 atom stereocenters. The average Bonchev–Trinajstić information content (AvgIpc) is 2.95. The monoisotopic (exact) mass is 340 g/mol. The maximum Gasteiger partial charge on any atom is 0.315 e. The van der Waals surface area contributed by atoms with Crippen molar-refractivity contribution in [1.29, 1.82) is 0 Å². The lowest BCUT2D eigenvalue weighted by Crippen LogP contribution is -2.50. The van der Waals surface area contributed by atoms with Gasteiger partial charge in [-0.1, -0.05) is 19.8 Å². The predicted molar refractivity (Wildman–Crippen MR) is 93.7 cm³/mol. The van der Waals surface area contributed by atoms with Crippen molar-refractivity contribution >= 4 is 17.8 Å². The first-order valence-corrected chi connectivity index (χ1v) is 9.42. The van der Waals surface area contributed by atoms with E-state index in [-0.39, 0.29) is 18.6 Å². The fraction of sp³-hybridized carbons (Fsp3) is 0.706. The van der Waals surface area contributed by atoms with E-state index in [1.165, 1.54) is 6.42 Å². The number of furan rings is 1. The van der Waals surface area contributed by atoms with Crippen LogP contribution in [0.1, 0.15) is 51.1 Å². The molecule has 3 N–H and O–H groups in total. The minimum atomic E-state index is -1.21. The van der Waals surface area contributed by atoms with E-state index in [1.807, 2.05) is 18.7 Å². The summed E-state index contributed by atoms with van der Waals surface area (Å²) in [7, 11) is 0. The smallest absolute Gasteiger partial charge is 0.315 e. The Morgan fingerprint density at radius 2 is 2.17 bits per heavy atom. The fourth-order valence-electron chi connectivity index (χ4n) is 2.96. The molecule has 1 fully saturated rings. The predicted octanol–water partition coefficient (Wildman–Crippen LogP) is 3.16. The van der Waals surface area contributed by atoms with Gasteiger partial charge in [-0.05, 0) is 44.6 Å². The third-order valence-corrected chi connectivity index (χ3v) is 5.59. The molecule has 0 saturated heterocycles. The summed E-state index contributed by atoms with van der Waals surface area (Å²) in [5.41, 5.74) is -1.21. The molecule has 0 aliphatic heterocycles. The molecule has 2 amide bonds. The molecule has 5 nitrogen and oxygen atoms in total. The third-order valence-electron chi connectivity index (χ3n) is 4.26. The van der Waals surface area contributed by atoms with Gasteiger partial charge in [0.1, 0.15) is 17.1 Å². The zero-order chi connectivity index (χ0) is 16.9. The highest BCUT2D eigenvalue weighted by Crippen LogP contribution is 2.28. The molecule has 3 unspecified atom stereocenters. The molecule has 0 spiro atoms. The molecule has 1 aromatic rings. The zero-order valence-corrected chi connectivity index (χ0v) is 15.0. The van der Waals surface area contributed by atoms with Crippen LogP contribution in [0.25, 0.3) is 0 Å². The maximum absolute atomic E-state index is 12.2. The Morgan fingerprint density at radius 3 is 2.83 bits per heavy atom. The SMILES string of the molecule is CCSC1CCCCC1NC(=O)NCC(C)(O)c1ccc(C)o1. The molecule has 6 heteroatoms. The van der Waals surface area contributed by atoms with Crippen molar-refractivity contribution in [3.63, 3.8) is 0 Å². The van der Waals surface area contributed by atoms with Crippen LogP contribution in [0.3, 0.4) is 0 Å². The maximum atomic E-state index is 12.2. The summed E-state index contributed by atoms with van der Waals surface area (Å²) in [5.74, 6) is 2.27. The van der Waals surface area contributed by atoms with E-state index >= 15 is 0 Å². The molecule has 1 aromatic heterocycles. The number of rotatable bonds is 6. The summed E-state index contributed by atoms with van der Waals surface area (Å²) in [6, 6.07) is 3.54. The number of hydrogen-bond donors (Lipinski definition) is 3. The van der Waals surface area contributed by atoms with Gasteiger partial charge in [-0.15, -0.1) is 0 Å². The highest BCUT2D eigenvalue weighted by molar-refractivity contribution is 7.99. The van der Waals surface area contributed by atoms with Crippen molar-refractivity contribution in [2.45, 2.75) is 63.3 Å². The van der Waals surface area contributed by atoms with E-state index in [0.717, 1.165) is 30.8 Å². The summed E-state index contributed by atoms with van der Waals surface area (Å²) in [6.07, 6.45) is 4.59. The number of thioether (sulfide) groups is 1. The summed E-state index contributed by atoms with van der Waals surface area (Å²) in [5, 5.41) is 16.8. The quantitative estimate of drug-likeness (QED) is 0.744. The second-order valence-electron chi connectivity index (χ2n) is 6.40. The molecule has 1 aliphatic carbocycles. The van der Waals surface area contributed by atoms with E-state index in [1.54, 1.807) is 19.1 Å². The lowest BCUT2D eigenvalue weighted by molar-refractivity contribution is 0.0358. The molecule has 0 bridgehead atoms. The Morgan fingerprint density at radius 1 is 1.43 bits per heavy atom. The van der Waals surface area contributed by atoms with E-state index in [9.17, 15) is 9.90 Å². The van der Waals surface area contributed by atoms with Crippen molar-refractivity contribution in [3.05, 3.63) is 23.7 Å². The second kappa shape index (κ2) is 8.11. The van der Waals surface area contributed by atoms with Gasteiger partial charge in [0, 0.05) is 11.3 Å². The van der Waals surface area contributed by atoms with Gasteiger partial charge < -0.3 is 20.2 Å². The third kappa shape index (κ3) is 5.18. The average molecular weight is 340 g/mol. The summed E-state index contributed by atoms with van der Waals surface area (Å²) < 4.78 is 5.45. The number of carbonyl (C=O) groups is 1. The van der Waals surface area contributed by atoms with Gasteiger partial charge in [0.25, 0.3) is 0 Å². The van der Waals surface area contributed by atoms with Crippen molar-refractivity contribution < 1.29 is 14.3 Å². The van der Waals surface area contributed by atoms with Gasteiger partial charge in [0.05, 0.1) is 6.54 Å². The number of nitrogens with one attached hydrogen (secondary N) is 2. The van der Waals surface area contributed by atoms with Crippen LogP contribution in [-0.2, 0) is 5.60 Å². The summed E-state index contributed by atoms with van der Waals surface area (Å²) >= 11 is 1.92. The molecule has 1 heterocycles. The Hall–Kier alpha value is -1.14. The van der Waals surface area contributed by atoms with Crippen LogP contribution in [0.2, 0.25) is 0 Å². The summed E-state index contributed by atoms with van der Waals surface area (Å²) in [6.45, 7) is 5.74. The van der Waals surface area contributed by atoms with Crippen LogP contribution in [0, 0.1) is 6.92 Å². The molecule has 0 radical (unpaired) electrons. The standard InChI is InChI=1S/C17H28N2O3S/c1-4-23-14-8-6-5-7-13(14)19-16(20)18-11-17(3,21)15-10-9-12(2)22-15/h9-10,13-14,21H,4-8,11H2,1-3H3,(H2,18,19,20). The minimum absolute atomic E-state index is 0.115. The van der Waals surface area contributed by atoms with E-state index in [4.69, 9.17) is 4.42 Å². The minimum Gasteiger partial charge on any atom is -0.463 e. The van der Waals surface area contributed by atoms with E-state index < -0.39 is 5.60 Å². The normalized spacial score (nSPS) is 24.0. The molecule has 23 heavy (non-hydrogen) atoms. The molecule has 1 aliphatic rings. The zero-order valence-electron chi connectivity index (χ0n) is 14.2. The molecular weight excluding hydrogens is 312 g/mol. The summed E-state index contributed by atoms with van der Waals surface area (Å²) in [4.78, 5) is 12.2. The van der Waals surface area contributed by atoms with Crippen LogP contribution >= 0.6 is 11.8 Å². The van der Waals surface area contributed by atoms with Crippen molar-refractivity contribution in [2.75, 3.05) is 12.3 Å². The van der Waals surface area contributed by atoms with Gasteiger partial charge >= 0.3 is 6.03 Å². The van der Waals surface area contributed by atoms with Crippen molar-refractivity contribution in [3.8, 4) is 0 Å². The van der Waals surface area contributed by atoms with Gasteiger partial charge in [0.2, 0.25) is 0 Å². The van der Waals surface area contributed by atoms with E-state index in [0.29, 0.717) is 11.0 Å². The Labute approximate surface area is 142 Å². The fourth-order valence-corrected chi connectivity index (χ4v) is 4.16. The number of carbonyl (C=O) groups excluding carboxylic acids is 1. The number of aryl methyl sites for hydroxylation is 1. The first-order valence-electron chi connectivity index (χ1n) is 8.37. The van der Waals surface area contributed by atoms with Crippen molar-refractivity contribution in [1.82, 2.24) is 10.6 Å². The Kier molecular flexibility index (Phi) is 6.41. The highest BCUT2D eigenvalue weighted by atomic mass is 32.2. The second-order valence-corrected chi connectivity index (χ2v) is 7.91. The van der Waals surface area contributed by atoms with Crippen LogP contribution in [0.4, 0.5) is 4.79 Å².